The van der Waals surface area contributed by atoms with E-state index in [4.69, 9.17) is 0 Å². The van der Waals surface area contributed by atoms with Crippen molar-refractivity contribution in [3.8, 4) is 0 Å². The van der Waals surface area contributed by atoms with Crippen LogP contribution in [-0.2, 0) is 0 Å². The van der Waals surface area contributed by atoms with E-state index >= 15 is 0 Å². The molecule has 2 N–H and O–H groups in total. The first-order valence-electron chi connectivity index (χ1n) is 4.34. The van der Waals surface area contributed by atoms with E-state index in [1.165, 1.54) is 12.8 Å². The molecule has 3 heteroatoms. The lowest BCUT2D eigenvalue weighted by Gasteiger charge is -2.26. The van der Waals surface area contributed by atoms with Crippen molar-refractivity contribution in [1.29, 1.82) is 0 Å². The number of likely N-dealkylation sites (N-methyl/N-ethyl adjacent to an activating group) is 1. The van der Waals surface area contributed by atoms with Gasteiger partial charge in [-0.05, 0) is 26.8 Å². The maximum atomic E-state index is 9.58. The maximum absolute atomic E-state index is 9.58. The Labute approximate surface area is 68.4 Å². The van der Waals surface area contributed by atoms with Crippen LogP contribution in [0.3, 0.4) is 0 Å². The third-order valence-electron chi connectivity index (χ3n) is 2.37. The van der Waals surface area contributed by atoms with E-state index in [2.05, 4.69) is 17.1 Å². The molecule has 1 saturated heterocycles. The third-order valence-corrected chi connectivity index (χ3v) is 2.37. The highest BCUT2D eigenvalue weighted by Crippen LogP contribution is 2.17. The molecule has 2 unspecified atom stereocenters. The van der Waals surface area contributed by atoms with Gasteiger partial charge >= 0.3 is 0 Å². The molecule has 1 aliphatic rings. The van der Waals surface area contributed by atoms with Crippen LogP contribution in [0.2, 0.25) is 0 Å². The van der Waals surface area contributed by atoms with E-state index in [-0.39, 0.29) is 6.23 Å². The van der Waals surface area contributed by atoms with Crippen LogP contribution in [0.4, 0.5) is 0 Å². The lowest BCUT2D eigenvalue weighted by atomic mass is 10.2. The number of rotatable bonds is 3. The molecule has 3 nitrogen and oxygen atoms in total. The molecule has 0 spiro atoms. The molecule has 1 heterocycles. The summed E-state index contributed by atoms with van der Waals surface area (Å²) in [6.07, 6.45) is 2.15. The summed E-state index contributed by atoms with van der Waals surface area (Å²) in [5.74, 6) is 0. The molecule has 0 radical (unpaired) electrons. The molecule has 0 aliphatic carbocycles. The predicted octanol–water partition coefficient (Wildman–Crippen LogP) is 0.00850. The lowest BCUT2D eigenvalue weighted by Crippen LogP contribution is -2.43. The zero-order chi connectivity index (χ0) is 8.27. The Morgan fingerprint density at radius 1 is 1.73 bits per heavy atom. The van der Waals surface area contributed by atoms with Gasteiger partial charge in [0.15, 0.2) is 0 Å². The second-order valence-electron chi connectivity index (χ2n) is 3.27. The number of nitrogens with one attached hydrogen (secondary N) is 1. The lowest BCUT2D eigenvalue weighted by molar-refractivity contribution is 0.00173. The molecular formula is C8H18N2O. The Kier molecular flexibility index (Phi) is 3.30. The van der Waals surface area contributed by atoms with Crippen LogP contribution in [-0.4, -0.2) is 42.4 Å². The van der Waals surface area contributed by atoms with Gasteiger partial charge in [-0.25, -0.2) is 0 Å². The van der Waals surface area contributed by atoms with Gasteiger partial charge in [0.25, 0.3) is 0 Å². The van der Waals surface area contributed by atoms with Gasteiger partial charge in [0.05, 0.1) is 0 Å². The number of hydrogen-bond acceptors (Lipinski definition) is 3. The Balaban J connectivity index is 2.33. The molecular weight excluding hydrogens is 140 g/mol. The van der Waals surface area contributed by atoms with Crippen molar-refractivity contribution in [3.05, 3.63) is 0 Å². The smallest absolute Gasteiger partial charge is 0.120 e. The van der Waals surface area contributed by atoms with Gasteiger partial charge in [0, 0.05) is 19.1 Å². The van der Waals surface area contributed by atoms with Crippen LogP contribution >= 0.6 is 0 Å². The van der Waals surface area contributed by atoms with Crippen molar-refractivity contribution < 1.29 is 5.11 Å². The van der Waals surface area contributed by atoms with Crippen molar-refractivity contribution in [2.45, 2.75) is 32.0 Å². The van der Waals surface area contributed by atoms with E-state index in [1.807, 2.05) is 7.05 Å². The number of aliphatic hydroxyl groups excluding tert-OH is 1. The van der Waals surface area contributed by atoms with Gasteiger partial charge in [-0.2, -0.15) is 0 Å². The average Bonchev–Trinajstić information content (AvgIpc) is 2.36. The minimum absolute atomic E-state index is 0.294. The molecule has 0 aromatic carbocycles. The van der Waals surface area contributed by atoms with Gasteiger partial charge in [-0.1, -0.05) is 0 Å². The number of aliphatic hydroxyl groups is 1. The fraction of sp³-hybridized carbons (Fsp3) is 1.00. The minimum Gasteiger partial charge on any atom is -0.377 e. The molecule has 2 atom stereocenters. The number of nitrogens with zero attached hydrogens (tertiary/aromatic N) is 1. The largest absolute Gasteiger partial charge is 0.377 e. The van der Waals surface area contributed by atoms with E-state index < -0.39 is 0 Å². The molecule has 0 saturated carbocycles. The van der Waals surface area contributed by atoms with Gasteiger partial charge in [0.2, 0.25) is 0 Å². The molecule has 0 aromatic heterocycles. The van der Waals surface area contributed by atoms with Crippen LogP contribution in [0, 0.1) is 0 Å². The summed E-state index contributed by atoms with van der Waals surface area (Å²) in [4.78, 5) is 2.15. The zero-order valence-corrected chi connectivity index (χ0v) is 7.38. The van der Waals surface area contributed by atoms with Gasteiger partial charge < -0.3 is 10.4 Å². The third kappa shape index (κ3) is 2.15. The van der Waals surface area contributed by atoms with Crippen molar-refractivity contribution in [3.63, 3.8) is 0 Å². The Morgan fingerprint density at radius 2 is 2.45 bits per heavy atom. The van der Waals surface area contributed by atoms with Crippen LogP contribution in [0.5, 0.6) is 0 Å². The highest BCUT2D eigenvalue weighted by atomic mass is 16.3. The summed E-state index contributed by atoms with van der Waals surface area (Å²) in [5.41, 5.74) is 0. The molecule has 66 valence electrons. The van der Waals surface area contributed by atoms with E-state index in [9.17, 15) is 5.11 Å². The molecule has 11 heavy (non-hydrogen) atoms. The molecule has 1 rings (SSSR count). The number of hydrogen-bond donors (Lipinski definition) is 2. The number of likely N-dealkylation sites (tertiary alicyclic amines) is 1. The van der Waals surface area contributed by atoms with E-state index in [0.717, 1.165) is 6.54 Å². The van der Waals surface area contributed by atoms with Gasteiger partial charge in [0.1, 0.15) is 6.23 Å². The fourth-order valence-electron chi connectivity index (χ4n) is 1.70. The van der Waals surface area contributed by atoms with Crippen molar-refractivity contribution in [2.24, 2.45) is 0 Å². The zero-order valence-electron chi connectivity index (χ0n) is 7.38. The normalized spacial score (nSPS) is 29.2. The van der Waals surface area contributed by atoms with Crippen LogP contribution in [0.15, 0.2) is 0 Å². The average molecular weight is 158 g/mol. The minimum atomic E-state index is -0.294. The highest BCUT2D eigenvalue weighted by Gasteiger charge is 2.25. The molecule has 1 fully saturated rings. The van der Waals surface area contributed by atoms with Crippen molar-refractivity contribution >= 4 is 0 Å². The Bertz CT molecular complexity index is 119. The highest BCUT2D eigenvalue weighted by molar-refractivity contribution is 4.77. The SMILES string of the molecule is CNCC(O)N1CCCC1C. The first kappa shape index (κ1) is 8.97. The maximum Gasteiger partial charge on any atom is 0.120 e. The second-order valence-corrected chi connectivity index (χ2v) is 3.27. The topological polar surface area (TPSA) is 35.5 Å². The monoisotopic (exact) mass is 158 g/mol. The van der Waals surface area contributed by atoms with Crippen LogP contribution < -0.4 is 5.32 Å². The quantitative estimate of drug-likeness (QED) is 0.607. The summed E-state index contributed by atoms with van der Waals surface area (Å²) in [6.45, 7) is 3.89. The summed E-state index contributed by atoms with van der Waals surface area (Å²) in [5, 5.41) is 12.6. The van der Waals surface area contributed by atoms with Crippen molar-refractivity contribution in [2.75, 3.05) is 20.1 Å². The predicted molar refractivity (Wildman–Crippen MR) is 45.3 cm³/mol. The summed E-state index contributed by atoms with van der Waals surface area (Å²) >= 11 is 0. The molecule has 0 aromatic rings. The van der Waals surface area contributed by atoms with Crippen LogP contribution in [0.25, 0.3) is 0 Å². The fourth-order valence-corrected chi connectivity index (χ4v) is 1.70. The first-order valence-corrected chi connectivity index (χ1v) is 4.34. The van der Waals surface area contributed by atoms with Crippen LogP contribution in [0.1, 0.15) is 19.8 Å². The Morgan fingerprint density at radius 3 is 2.91 bits per heavy atom. The standard InChI is InChI=1S/C8H18N2O/c1-7-4-3-5-10(7)8(11)6-9-2/h7-9,11H,3-6H2,1-2H3. The van der Waals surface area contributed by atoms with Crippen molar-refractivity contribution in [1.82, 2.24) is 10.2 Å². The van der Waals surface area contributed by atoms with Gasteiger partial charge in [-0.15, -0.1) is 0 Å². The molecule has 0 bridgehead atoms. The summed E-state index contributed by atoms with van der Waals surface area (Å²) < 4.78 is 0. The summed E-state index contributed by atoms with van der Waals surface area (Å²) in [6, 6.07) is 0.554. The Hall–Kier alpha value is -0.120. The van der Waals surface area contributed by atoms with E-state index in [0.29, 0.717) is 12.6 Å². The van der Waals surface area contributed by atoms with Gasteiger partial charge in [-0.3, -0.25) is 4.90 Å². The second kappa shape index (κ2) is 4.04. The molecule has 0 amide bonds. The first-order chi connectivity index (χ1) is 5.25. The summed E-state index contributed by atoms with van der Waals surface area (Å²) in [7, 11) is 1.87. The molecule has 1 aliphatic heterocycles. The van der Waals surface area contributed by atoms with E-state index in [1.54, 1.807) is 0 Å².